The first-order valence-electron chi connectivity index (χ1n) is 3.35. The molecule has 0 aliphatic carbocycles. The molecule has 5 nitrogen and oxygen atoms in total. The van der Waals surface area contributed by atoms with Crippen LogP contribution in [0.3, 0.4) is 0 Å². The van der Waals surface area contributed by atoms with Gasteiger partial charge in [0.05, 0.1) is 7.11 Å². The van der Waals surface area contributed by atoms with Crippen molar-refractivity contribution in [3.63, 3.8) is 0 Å². The average molecular weight is 203 g/mol. The van der Waals surface area contributed by atoms with Crippen LogP contribution in [0.1, 0.15) is 0 Å². The molecule has 0 spiro atoms. The van der Waals surface area contributed by atoms with E-state index >= 15 is 0 Å². The van der Waals surface area contributed by atoms with Crippen LogP contribution in [-0.2, 0) is 10.0 Å². The van der Waals surface area contributed by atoms with Gasteiger partial charge in [-0.15, -0.1) is 0 Å². The fraction of sp³-hybridized carbons (Fsp3) is 0.143. The molecule has 6 heteroatoms. The normalized spacial score (nSPS) is 11.2. The number of phenolic OH excluding ortho intramolecular Hbond substituents is 1. The van der Waals surface area contributed by atoms with E-state index in [0.29, 0.717) is 0 Å². The van der Waals surface area contributed by atoms with Crippen LogP contribution >= 0.6 is 0 Å². The lowest BCUT2D eigenvalue weighted by atomic mass is 10.3. The van der Waals surface area contributed by atoms with Gasteiger partial charge < -0.3 is 9.84 Å². The highest BCUT2D eigenvalue weighted by atomic mass is 32.2. The monoisotopic (exact) mass is 203 g/mol. The molecule has 0 saturated carbocycles. The van der Waals surface area contributed by atoms with Gasteiger partial charge in [0, 0.05) is 6.07 Å². The number of hydrogen-bond donors (Lipinski definition) is 2. The van der Waals surface area contributed by atoms with Gasteiger partial charge in [0.25, 0.3) is 0 Å². The SMILES string of the molecule is COc1cc(O)ccc1S(N)(=O)=O. The van der Waals surface area contributed by atoms with Crippen molar-refractivity contribution in [3.8, 4) is 11.5 Å². The molecular formula is C7H9NO4S. The minimum Gasteiger partial charge on any atom is -0.508 e. The Kier molecular flexibility index (Phi) is 2.44. The van der Waals surface area contributed by atoms with E-state index in [4.69, 9.17) is 15.0 Å². The molecule has 0 aliphatic rings. The van der Waals surface area contributed by atoms with Crippen molar-refractivity contribution in [2.24, 2.45) is 5.14 Å². The van der Waals surface area contributed by atoms with E-state index in [1.807, 2.05) is 0 Å². The maximum atomic E-state index is 10.9. The highest BCUT2D eigenvalue weighted by Gasteiger charge is 2.14. The third-order valence-electron chi connectivity index (χ3n) is 1.45. The van der Waals surface area contributed by atoms with E-state index in [2.05, 4.69) is 0 Å². The second-order valence-electron chi connectivity index (χ2n) is 2.38. The third-order valence-corrected chi connectivity index (χ3v) is 2.40. The number of phenols is 1. The number of ether oxygens (including phenoxy) is 1. The van der Waals surface area contributed by atoms with Gasteiger partial charge in [-0.2, -0.15) is 0 Å². The van der Waals surface area contributed by atoms with Gasteiger partial charge in [0.1, 0.15) is 16.4 Å². The first kappa shape index (κ1) is 9.82. The maximum absolute atomic E-state index is 10.9. The number of primary sulfonamides is 1. The van der Waals surface area contributed by atoms with Crippen LogP contribution in [0, 0.1) is 0 Å². The molecule has 0 saturated heterocycles. The van der Waals surface area contributed by atoms with Crippen LogP contribution in [0.5, 0.6) is 11.5 Å². The highest BCUT2D eigenvalue weighted by molar-refractivity contribution is 7.89. The van der Waals surface area contributed by atoms with Crippen molar-refractivity contribution in [1.82, 2.24) is 0 Å². The summed E-state index contributed by atoms with van der Waals surface area (Å²) in [5, 5.41) is 13.9. The highest BCUT2D eigenvalue weighted by Crippen LogP contribution is 2.26. The van der Waals surface area contributed by atoms with E-state index in [9.17, 15) is 8.42 Å². The van der Waals surface area contributed by atoms with E-state index in [-0.39, 0.29) is 16.4 Å². The minimum absolute atomic E-state index is 0.0301. The van der Waals surface area contributed by atoms with Gasteiger partial charge in [-0.05, 0) is 12.1 Å². The fourth-order valence-electron chi connectivity index (χ4n) is 0.891. The number of aromatic hydroxyl groups is 1. The predicted molar refractivity (Wildman–Crippen MR) is 46.0 cm³/mol. The fourth-order valence-corrected chi connectivity index (χ4v) is 1.57. The van der Waals surface area contributed by atoms with Crippen LogP contribution in [0.25, 0.3) is 0 Å². The zero-order chi connectivity index (χ0) is 10.1. The molecule has 0 aromatic heterocycles. The summed E-state index contributed by atoms with van der Waals surface area (Å²) in [7, 11) is -2.50. The molecule has 0 heterocycles. The molecule has 0 aliphatic heterocycles. The van der Waals surface area contributed by atoms with Crippen molar-refractivity contribution >= 4 is 10.0 Å². The van der Waals surface area contributed by atoms with E-state index in [0.717, 1.165) is 0 Å². The first-order valence-corrected chi connectivity index (χ1v) is 4.89. The lowest BCUT2D eigenvalue weighted by Crippen LogP contribution is -2.13. The molecule has 72 valence electrons. The summed E-state index contributed by atoms with van der Waals surface area (Å²) in [5.41, 5.74) is 0. The van der Waals surface area contributed by atoms with Crippen LogP contribution in [-0.4, -0.2) is 20.6 Å². The topological polar surface area (TPSA) is 89.6 Å². The lowest BCUT2D eigenvalue weighted by molar-refractivity contribution is 0.396. The summed E-state index contributed by atoms with van der Waals surface area (Å²) in [6, 6.07) is 3.59. The smallest absolute Gasteiger partial charge is 0.241 e. The standard InChI is InChI=1S/C7H9NO4S/c1-12-6-4-5(9)2-3-7(6)13(8,10)11/h2-4,9H,1H3,(H2,8,10,11). The van der Waals surface area contributed by atoms with E-state index < -0.39 is 10.0 Å². The van der Waals surface area contributed by atoms with Gasteiger partial charge >= 0.3 is 0 Å². The van der Waals surface area contributed by atoms with E-state index in [1.54, 1.807) is 0 Å². The Balaban J connectivity index is 3.39. The molecular weight excluding hydrogens is 194 g/mol. The molecule has 0 fully saturated rings. The molecule has 0 radical (unpaired) electrons. The molecule has 13 heavy (non-hydrogen) atoms. The number of nitrogens with two attached hydrogens (primary N) is 1. The van der Waals surface area contributed by atoms with Crippen molar-refractivity contribution in [2.75, 3.05) is 7.11 Å². The summed E-state index contributed by atoms with van der Waals surface area (Å²) < 4.78 is 26.6. The Morgan fingerprint density at radius 2 is 2.08 bits per heavy atom. The molecule has 0 bridgehead atoms. The Labute approximate surface area is 75.8 Å². The van der Waals surface area contributed by atoms with Crippen LogP contribution in [0.2, 0.25) is 0 Å². The molecule has 0 atom stereocenters. The molecule has 3 N–H and O–H groups in total. The van der Waals surface area contributed by atoms with Gasteiger partial charge in [-0.25, -0.2) is 13.6 Å². The number of sulfonamides is 1. The summed E-state index contributed by atoms with van der Waals surface area (Å²) in [6.07, 6.45) is 0. The minimum atomic E-state index is -3.80. The summed E-state index contributed by atoms with van der Waals surface area (Å²) in [6.45, 7) is 0. The number of rotatable bonds is 2. The maximum Gasteiger partial charge on any atom is 0.241 e. The second-order valence-corrected chi connectivity index (χ2v) is 3.91. The molecule has 1 rings (SSSR count). The lowest BCUT2D eigenvalue weighted by Gasteiger charge is -2.05. The number of methoxy groups -OCH3 is 1. The Morgan fingerprint density at radius 1 is 1.46 bits per heavy atom. The van der Waals surface area contributed by atoms with Crippen LogP contribution in [0.15, 0.2) is 23.1 Å². The summed E-state index contributed by atoms with van der Waals surface area (Å²) in [5.74, 6) is -0.0493. The predicted octanol–water partition coefficient (Wildman–Crippen LogP) is 0.0482. The van der Waals surface area contributed by atoms with Crippen LogP contribution in [0.4, 0.5) is 0 Å². The second kappa shape index (κ2) is 3.23. The Hall–Kier alpha value is -1.27. The molecule has 1 aromatic carbocycles. The van der Waals surface area contributed by atoms with Crippen molar-refractivity contribution < 1.29 is 18.3 Å². The van der Waals surface area contributed by atoms with Crippen molar-refractivity contribution in [2.45, 2.75) is 4.90 Å². The van der Waals surface area contributed by atoms with Gasteiger partial charge in [-0.1, -0.05) is 0 Å². The van der Waals surface area contributed by atoms with Crippen LogP contribution < -0.4 is 9.88 Å². The zero-order valence-corrected chi connectivity index (χ0v) is 7.71. The Morgan fingerprint density at radius 3 is 2.54 bits per heavy atom. The number of hydrogen-bond acceptors (Lipinski definition) is 4. The molecule has 1 aromatic rings. The first-order chi connectivity index (χ1) is 5.95. The quantitative estimate of drug-likeness (QED) is 0.710. The largest absolute Gasteiger partial charge is 0.508 e. The van der Waals surface area contributed by atoms with Crippen molar-refractivity contribution in [3.05, 3.63) is 18.2 Å². The summed E-state index contributed by atoms with van der Waals surface area (Å²) >= 11 is 0. The van der Waals surface area contributed by atoms with Crippen molar-refractivity contribution in [1.29, 1.82) is 0 Å². The Bertz CT molecular complexity index is 413. The zero-order valence-electron chi connectivity index (χ0n) is 6.89. The average Bonchev–Trinajstić information content (AvgIpc) is 2.01. The summed E-state index contributed by atoms with van der Waals surface area (Å²) in [4.78, 5) is -0.146. The molecule has 0 amide bonds. The molecule has 0 unspecified atom stereocenters. The number of benzene rings is 1. The van der Waals surface area contributed by atoms with E-state index in [1.165, 1.54) is 25.3 Å². The third kappa shape index (κ3) is 2.10. The van der Waals surface area contributed by atoms with Gasteiger partial charge in [0.2, 0.25) is 10.0 Å². The van der Waals surface area contributed by atoms with Gasteiger partial charge in [-0.3, -0.25) is 0 Å². The van der Waals surface area contributed by atoms with Gasteiger partial charge in [0.15, 0.2) is 0 Å².